The molecule has 2 N–H and O–H groups in total. The number of fused-ring (bicyclic) bond motifs is 1. The molecule has 1 fully saturated rings. The summed E-state index contributed by atoms with van der Waals surface area (Å²) in [5, 5.41) is 4.94. The summed E-state index contributed by atoms with van der Waals surface area (Å²) in [5.41, 5.74) is 2.31. The molecule has 0 radical (unpaired) electrons. The standard InChI is InChI=1S/C26H31N3O3S/c1-3-31-22-11-9-20(10-12-22)27-26(33)29(21-7-5-6-8-21)17-19-15-18-16-23(32-4-2)13-14-24(18)28-25(19)30/h9-16,21H,3-8,17H2,1-2H3,(H,27,33)(H,28,30). The number of aromatic amines is 1. The number of ether oxygens (including phenoxy) is 2. The minimum atomic E-state index is -0.0847. The van der Waals surface area contributed by atoms with Crippen molar-refractivity contribution in [2.75, 3.05) is 18.5 Å². The number of thiocarbonyl (C=S) groups is 1. The van der Waals surface area contributed by atoms with Gasteiger partial charge in [0.25, 0.3) is 5.56 Å². The molecule has 0 atom stereocenters. The average molecular weight is 466 g/mol. The van der Waals surface area contributed by atoms with E-state index >= 15 is 0 Å². The van der Waals surface area contributed by atoms with Gasteiger partial charge >= 0.3 is 0 Å². The van der Waals surface area contributed by atoms with Crippen molar-refractivity contribution in [3.05, 3.63) is 64.4 Å². The van der Waals surface area contributed by atoms with Crippen molar-refractivity contribution in [3.8, 4) is 11.5 Å². The Hall–Kier alpha value is -3.06. The van der Waals surface area contributed by atoms with Gasteiger partial charge in [0.2, 0.25) is 0 Å². The quantitative estimate of drug-likeness (QED) is 0.430. The van der Waals surface area contributed by atoms with Crippen molar-refractivity contribution in [3.63, 3.8) is 0 Å². The van der Waals surface area contributed by atoms with Crippen molar-refractivity contribution in [1.29, 1.82) is 0 Å². The summed E-state index contributed by atoms with van der Waals surface area (Å²) in [6.45, 7) is 5.61. The maximum atomic E-state index is 12.9. The van der Waals surface area contributed by atoms with Crippen molar-refractivity contribution in [2.45, 2.75) is 52.1 Å². The summed E-state index contributed by atoms with van der Waals surface area (Å²) in [4.78, 5) is 18.1. The summed E-state index contributed by atoms with van der Waals surface area (Å²) in [5.74, 6) is 1.62. The molecule has 1 aromatic heterocycles. The van der Waals surface area contributed by atoms with Crippen LogP contribution in [0.2, 0.25) is 0 Å². The van der Waals surface area contributed by atoms with Gasteiger partial charge in [0.15, 0.2) is 5.11 Å². The highest BCUT2D eigenvalue weighted by Gasteiger charge is 2.26. The first-order valence-electron chi connectivity index (χ1n) is 11.7. The fourth-order valence-electron chi connectivity index (χ4n) is 4.37. The van der Waals surface area contributed by atoms with Crippen molar-refractivity contribution in [2.24, 2.45) is 0 Å². The first kappa shape index (κ1) is 23.1. The fourth-order valence-corrected chi connectivity index (χ4v) is 4.70. The van der Waals surface area contributed by atoms with Gasteiger partial charge in [-0.1, -0.05) is 12.8 Å². The van der Waals surface area contributed by atoms with E-state index in [9.17, 15) is 4.79 Å². The smallest absolute Gasteiger partial charge is 0.253 e. The van der Waals surface area contributed by atoms with Gasteiger partial charge in [-0.15, -0.1) is 0 Å². The molecule has 1 aliphatic rings. The number of benzene rings is 2. The number of anilines is 1. The van der Waals surface area contributed by atoms with E-state index in [0.29, 0.717) is 36.5 Å². The van der Waals surface area contributed by atoms with Gasteiger partial charge in [-0.05, 0) is 87.4 Å². The van der Waals surface area contributed by atoms with E-state index in [1.807, 2.05) is 62.4 Å². The molecular formula is C26H31N3O3S. The lowest BCUT2D eigenvalue weighted by atomic mass is 10.1. The highest BCUT2D eigenvalue weighted by Crippen LogP contribution is 2.27. The average Bonchev–Trinajstić information content (AvgIpc) is 3.34. The second-order valence-corrected chi connectivity index (χ2v) is 8.65. The Balaban J connectivity index is 1.58. The third kappa shape index (κ3) is 5.66. The Bertz CT molecular complexity index is 1150. The van der Waals surface area contributed by atoms with Gasteiger partial charge in [-0.3, -0.25) is 4.79 Å². The monoisotopic (exact) mass is 465 g/mol. The van der Waals surface area contributed by atoms with E-state index in [2.05, 4.69) is 15.2 Å². The van der Waals surface area contributed by atoms with Crippen LogP contribution in [0.15, 0.2) is 53.3 Å². The number of H-pyrrole nitrogens is 1. The van der Waals surface area contributed by atoms with Crippen LogP contribution >= 0.6 is 12.2 Å². The minimum Gasteiger partial charge on any atom is -0.494 e. The molecule has 0 aliphatic heterocycles. The number of hydrogen-bond acceptors (Lipinski definition) is 4. The van der Waals surface area contributed by atoms with Crippen LogP contribution in [0.4, 0.5) is 5.69 Å². The van der Waals surface area contributed by atoms with Gasteiger partial charge in [-0.2, -0.15) is 0 Å². The maximum Gasteiger partial charge on any atom is 0.253 e. The van der Waals surface area contributed by atoms with Crippen molar-refractivity contribution in [1.82, 2.24) is 9.88 Å². The molecule has 1 aliphatic carbocycles. The van der Waals surface area contributed by atoms with Crippen LogP contribution < -0.4 is 20.3 Å². The third-order valence-electron chi connectivity index (χ3n) is 5.99. The van der Waals surface area contributed by atoms with Gasteiger partial charge < -0.3 is 24.7 Å². The molecule has 33 heavy (non-hydrogen) atoms. The van der Waals surface area contributed by atoms with E-state index in [-0.39, 0.29) is 5.56 Å². The molecule has 3 aromatic rings. The number of rotatable bonds is 8. The predicted molar refractivity (Wildman–Crippen MR) is 137 cm³/mol. The number of hydrogen-bond donors (Lipinski definition) is 2. The van der Waals surface area contributed by atoms with Gasteiger partial charge in [-0.25, -0.2) is 0 Å². The zero-order valence-corrected chi connectivity index (χ0v) is 20.0. The molecule has 1 saturated carbocycles. The Morgan fingerprint density at radius 2 is 1.70 bits per heavy atom. The number of nitrogens with one attached hydrogen (secondary N) is 2. The van der Waals surface area contributed by atoms with Crippen LogP contribution in [0.5, 0.6) is 11.5 Å². The lowest BCUT2D eigenvalue weighted by molar-refractivity contribution is 0.311. The van der Waals surface area contributed by atoms with Crippen LogP contribution in [0.3, 0.4) is 0 Å². The molecule has 174 valence electrons. The summed E-state index contributed by atoms with van der Waals surface area (Å²) in [7, 11) is 0. The summed E-state index contributed by atoms with van der Waals surface area (Å²) in [6, 6.07) is 15.8. The molecule has 6 nitrogen and oxygen atoms in total. The highest BCUT2D eigenvalue weighted by molar-refractivity contribution is 7.80. The van der Waals surface area contributed by atoms with Gasteiger partial charge in [0.1, 0.15) is 11.5 Å². The van der Waals surface area contributed by atoms with Crippen molar-refractivity contribution < 1.29 is 9.47 Å². The SMILES string of the molecule is CCOc1ccc(NC(=S)N(Cc2cc3cc(OCC)ccc3[nH]c2=O)C2CCCC2)cc1. The molecule has 1 heterocycles. The summed E-state index contributed by atoms with van der Waals surface area (Å²) >= 11 is 5.82. The fraction of sp³-hybridized carbons (Fsp3) is 0.385. The maximum absolute atomic E-state index is 12.9. The number of nitrogens with zero attached hydrogens (tertiary/aromatic N) is 1. The normalized spacial score (nSPS) is 13.8. The highest BCUT2D eigenvalue weighted by atomic mass is 32.1. The van der Waals surface area contributed by atoms with Crippen LogP contribution in [0.25, 0.3) is 10.9 Å². The topological polar surface area (TPSA) is 66.6 Å². The molecular weight excluding hydrogens is 434 g/mol. The Morgan fingerprint density at radius 3 is 2.39 bits per heavy atom. The largest absolute Gasteiger partial charge is 0.494 e. The van der Waals surface area contributed by atoms with E-state index in [1.165, 1.54) is 12.8 Å². The second kappa shape index (κ2) is 10.7. The molecule has 4 rings (SSSR count). The van der Waals surface area contributed by atoms with E-state index in [4.69, 9.17) is 21.7 Å². The summed E-state index contributed by atoms with van der Waals surface area (Å²) in [6.07, 6.45) is 4.51. The van der Waals surface area contributed by atoms with E-state index in [0.717, 1.165) is 40.9 Å². The molecule has 0 unspecified atom stereocenters. The molecule has 2 aromatic carbocycles. The van der Waals surface area contributed by atoms with E-state index < -0.39 is 0 Å². The molecule has 0 bridgehead atoms. The second-order valence-electron chi connectivity index (χ2n) is 8.26. The van der Waals surface area contributed by atoms with Crippen LogP contribution in [0.1, 0.15) is 45.1 Å². The van der Waals surface area contributed by atoms with Crippen LogP contribution in [-0.2, 0) is 6.54 Å². The Labute approximate surface area is 199 Å². The van der Waals surface area contributed by atoms with Gasteiger partial charge in [0.05, 0.1) is 19.8 Å². The first-order chi connectivity index (χ1) is 16.1. The molecule has 0 amide bonds. The first-order valence-corrected chi connectivity index (χ1v) is 12.1. The molecule has 0 spiro atoms. The lowest BCUT2D eigenvalue weighted by Gasteiger charge is -2.31. The zero-order valence-electron chi connectivity index (χ0n) is 19.2. The number of pyridine rings is 1. The van der Waals surface area contributed by atoms with Crippen LogP contribution in [-0.4, -0.2) is 34.3 Å². The predicted octanol–water partition coefficient (Wildman–Crippen LogP) is 5.47. The van der Waals surface area contributed by atoms with Crippen molar-refractivity contribution >= 4 is 33.9 Å². The Kier molecular flexibility index (Phi) is 7.50. The minimum absolute atomic E-state index is 0.0847. The lowest BCUT2D eigenvalue weighted by Crippen LogP contribution is -2.42. The Morgan fingerprint density at radius 1 is 1.03 bits per heavy atom. The number of aromatic nitrogens is 1. The zero-order chi connectivity index (χ0) is 23.2. The summed E-state index contributed by atoms with van der Waals surface area (Å²) < 4.78 is 11.2. The van der Waals surface area contributed by atoms with E-state index in [1.54, 1.807) is 0 Å². The molecule has 7 heteroatoms. The molecule has 0 saturated heterocycles. The third-order valence-corrected chi connectivity index (χ3v) is 6.32. The van der Waals surface area contributed by atoms with Gasteiger partial charge in [0, 0.05) is 28.2 Å². The van der Waals surface area contributed by atoms with Crippen LogP contribution in [0, 0.1) is 0 Å².